The van der Waals surface area contributed by atoms with Gasteiger partial charge in [-0.25, -0.2) is 4.79 Å². The molecule has 0 spiro atoms. The van der Waals surface area contributed by atoms with E-state index in [9.17, 15) is 33.0 Å². The van der Waals surface area contributed by atoms with Crippen molar-refractivity contribution in [3.05, 3.63) is 46.7 Å². The van der Waals surface area contributed by atoms with Crippen molar-refractivity contribution < 1.29 is 33.0 Å². The van der Waals surface area contributed by atoms with Crippen molar-refractivity contribution in [3.63, 3.8) is 0 Å². The Kier molecular flexibility index (Phi) is 4.59. The lowest BCUT2D eigenvalue weighted by Crippen LogP contribution is -2.49. The molecule has 0 saturated heterocycles. The zero-order valence-corrected chi connectivity index (χ0v) is 13.9. The fraction of sp³-hybridized carbons (Fsp3) is 0.412. The third-order valence-corrected chi connectivity index (χ3v) is 4.74. The Morgan fingerprint density at radius 1 is 1.20 bits per heavy atom. The van der Waals surface area contributed by atoms with Crippen LogP contribution in [-0.2, 0) is 15.8 Å². The van der Waals surface area contributed by atoms with Gasteiger partial charge in [-0.3, -0.25) is 4.79 Å². The Hall–Kier alpha value is -2.51. The zero-order valence-electron chi connectivity index (χ0n) is 13.9. The monoisotopic (exact) mass is 357 g/mol. The zero-order chi connectivity index (χ0) is 19.2. The minimum atomic E-state index is -4.53. The number of nitrogens with zero attached hydrogens (tertiary/aromatic N) is 1. The van der Waals surface area contributed by atoms with Crippen molar-refractivity contribution in [2.75, 3.05) is 13.6 Å². The maximum Gasteiger partial charge on any atom is 0.416 e. The van der Waals surface area contributed by atoms with Crippen molar-refractivity contribution >= 4 is 11.9 Å². The van der Waals surface area contributed by atoms with Crippen molar-refractivity contribution in [2.45, 2.75) is 25.9 Å². The number of hydrogen-bond donors (Lipinski definition) is 2. The summed E-state index contributed by atoms with van der Waals surface area (Å²) in [5.41, 5.74) is -1.89. The SMILES string of the molecule is CC1=C(C(=O)O)C(c2ccc(C(F)(F)F)cc2)C(C)(C(=O)O)CN1C. The minimum Gasteiger partial charge on any atom is -0.481 e. The second kappa shape index (κ2) is 6.09. The van der Waals surface area contributed by atoms with E-state index in [0.29, 0.717) is 5.70 Å². The summed E-state index contributed by atoms with van der Waals surface area (Å²) in [5, 5.41) is 19.3. The number of hydrogen-bond acceptors (Lipinski definition) is 3. The van der Waals surface area contributed by atoms with E-state index in [1.165, 1.54) is 11.8 Å². The van der Waals surface area contributed by atoms with Crippen LogP contribution < -0.4 is 0 Å². The molecule has 2 atom stereocenters. The number of carbonyl (C=O) groups is 2. The lowest BCUT2D eigenvalue weighted by molar-refractivity contribution is -0.151. The molecule has 1 aliphatic rings. The molecule has 2 unspecified atom stereocenters. The minimum absolute atomic E-state index is 0.0383. The molecule has 1 heterocycles. The van der Waals surface area contributed by atoms with Gasteiger partial charge in [0.1, 0.15) is 0 Å². The Bertz CT molecular complexity index is 739. The first-order valence-electron chi connectivity index (χ1n) is 7.45. The van der Waals surface area contributed by atoms with Gasteiger partial charge in [-0.2, -0.15) is 13.2 Å². The lowest BCUT2D eigenvalue weighted by atomic mass is 9.66. The summed E-state index contributed by atoms with van der Waals surface area (Å²) >= 11 is 0. The van der Waals surface area contributed by atoms with E-state index in [2.05, 4.69) is 0 Å². The quantitative estimate of drug-likeness (QED) is 0.869. The third-order valence-electron chi connectivity index (χ3n) is 4.74. The van der Waals surface area contributed by atoms with Gasteiger partial charge in [0.05, 0.1) is 16.6 Å². The number of rotatable bonds is 3. The van der Waals surface area contributed by atoms with E-state index in [0.717, 1.165) is 24.3 Å². The van der Waals surface area contributed by atoms with E-state index >= 15 is 0 Å². The maximum absolute atomic E-state index is 12.8. The second-order valence-electron chi connectivity index (χ2n) is 6.44. The molecule has 0 amide bonds. The Labute approximate surface area is 142 Å². The fourth-order valence-corrected chi connectivity index (χ4v) is 3.30. The van der Waals surface area contributed by atoms with Crippen molar-refractivity contribution in [2.24, 2.45) is 5.41 Å². The average molecular weight is 357 g/mol. The number of carboxylic acid groups (broad SMARTS) is 2. The van der Waals surface area contributed by atoms with Crippen LogP contribution in [-0.4, -0.2) is 40.6 Å². The van der Waals surface area contributed by atoms with Crippen LogP contribution in [0, 0.1) is 5.41 Å². The van der Waals surface area contributed by atoms with Crippen LogP contribution in [0.4, 0.5) is 13.2 Å². The summed E-state index contributed by atoms with van der Waals surface area (Å²) < 4.78 is 38.3. The molecule has 8 heteroatoms. The Balaban J connectivity index is 2.67. The van der Waals surface area contributed by atoms with Gasteiger partial charge in [0.25, 0.3) is 0 Å². The predicted molar refractivity (Wildman–Crippen MR) is 82.9 cm³/mol. The Morgan fingerprint density at radius 2 is 1.72 bits per heavy atom. The van der Waals surface area contributed by atoms with Crippen LogP contribution in [0.15, 0.2) is 35.5 Å². The van der Waals surface area contributed by atoms with Gasteiger partial charge < -0.3 is 15.1 Å². The van der Waals surface area contributed by atoms with Gasteiger partial charge in [0.2, 0.25) is 0 Å². The highest BCUT2D eigenvalue weighted by molar-refractivity contribution is 5.92. The average Bonchev–Trinajstić information content (AvgIpc) is 2.49. The summed E-state index contributed by atoms with van der Waals surface area (Å²) in [6.07, 6.45) is -4.53. The van der Waals surface area contributed by atoms with Crippen LogP contribution in [0.2, 0.25) is 0 Å². The second-order valence-corrected chi connectivity index (χ2v) is 6.44. The summed E-state index contributed by atoms with van der Waals surface area (Å²) in [7, 11) is 1.59. The summed E-state index contributed by atoms with van der Waals surface area (Å²) in [4.78, 5) is 25.2. The van der Waals surface area contributed by atoms with Crippen LogP contribution in [0.1, 0.15) is 30.9 Å². The number of benzene rings is 1. The van der Waals surface area contributed by atoms with E-state index < -0.39 is 35.0 Å². The summed E-state index contributed by atoms with van der Waals surface area (Å²) in [5.74, 6) is -3.57. The molecule has 0 aliphatic carbocycles. The molecule has 1 aliphatic heterocycles. The first-order chi connectivity index (χ1) is 11.4. The normalized spacial score (nSPS) is 24.4. The number of alkyl halides is 3. The van der Waals surface area contributed by atoms with Gasteiger partial charge >= 0.3 is 18.1 Å². The maximum atomic E-state index is 12.8. The highest BCUT2D eigenvalue weighted by Crippen LogP contribution is 2.47. The number of halogens is 3. The molecule has 5 nitrogen and oxygen atoms in total. The van der Waals surface area contributed by atoms with Gasteiger partial charge in [-0.05, 0) is 31.5 Å². The molecule has 0 aromatic heterocycles. The highest BCUT2D eigenvalue weighted by Gasteiger charge is 2.50. The van der Waals surface area contributed by atoms with Gasteiger partial charge in [-0.1, -0.05) is 12.1 Å². The number of carboxylic acids is 2. The van der Waals surface area contributed by atoms with Crippen molar-refractivity contribution in [1.29, 1.82) is 0 Å². The van der Waals surface area contributed by atoms with E-state index in [1.54, 1.807) is 14.0 Å². The van der Waals surface area contributed by atoms with Crippen molar-refractivity contribution in [1.82, 2.24) is 4.90 Å². The largest absolute Gasteiger partial charge is 0.481 e. The van der Waals surface area contributed by atoms with Crippen LogP contribution in [0.5, 0.6) is 0 Å². The van der Waals surface area contributed by atoms with Crippen molar-refractivity contribution in [3.8, 4) is 0 Å². The molecular weight excluding hydrogens is 339 g/mol. The van der Waals surface area contributed by atoms with Crippen LogP contribution >= 0.6 is 0 Å². The molecule has 136 valence electrons. The number of allylic oxidation sites excluding steroid dienone is 1. The van der Waals surface area contributed by atoms with E-state index in [-0.39, 0.29) is 17.7 Å². The van der Waals surface area contributed by atoms with E-state index in [1.807, 2.05) is 0 Å². The lowest BCUT2D eigenvalue weighted by Gasteiger charge is -2.44. The molecule has 1 aromatic rings. The van der Waals surface area contributed by atoms with Crippen LogP contribution in [0.3, 0.4) is 0 Å². The van der Waals surface area contributed by atoms with Gasteiger partial charge in [0.15, 0.2) is 0 Å². The Morgan fingerprint density at radius 3 is 2.12 bits per heavy atom. The molecule has 0 fully saturated rings. The fourth-order valence-electron chi connectivity index (χ4n) is 3.30. The molecule has 1 aromatic carbocycles. The van der Waals surface area contributed by atoms with Crippen LogP contribution in [0.25, 0.3) is 0 Å². The molecule has 0 radical (unpaired) electrons. The molecule has 0 saturated carbocycles. The number of aliphatic carboxylic acids is 2. The molecular formula is C17H18F3NO4. The summed E-state index contributed by atoms with van der Waals surface area (Å²) in [6.45, 7) is 3.00. The molecule has 2 N–H and O–H groups in total. The third kappa shape index (κ3) is 3.20. The van der Waals surface area contributed by atoms with E-state index in [4.69, 9.17) is 0 Å². The molecule has 0 bridgehead atoms. The topological polar surface area (TPSA) is 77.8 Å². The highest BCUT2D eigenvalue weighted by atomic mass is 19.4. The first-order valence-corrected chi connectivity index (χ1v) is 7.45. The summed E-state index contributed by atoms with van der Waals surface area (Å²) in [6, 6.07) is 3.97. The predicted octanol–water partition coefficient (Wildman–Crippen LogP) is 3.18. The standard InChI is InChI=1S/C17H18F3NO4/c1-9-12(14(22)23)13(16(2,15(24)25)8-21(9)3)10-4-6-11(7-5-10)17(18,19)20/h4-7,13H,8H2,1-3H3,(H,22,23)(H,24,25). The molecule has 2 rings (SSSR count). The first kappa shape index (κ1) is 18.8. The smallest absolute Gasteiger partial charge is 0.416 e. The van der Waals surface area contributed by atoms with Gasteiger partial charge in [-0.15, -0.1) is 0 Å². The molecule has 25 heavy (non-hydrogen) atoms. The van der Waals surface area contributed by atoms with Gasteiger partial charge in [0, 0.05) is 25.2 Å².